The van der Waals surface area contributed by atoms with Gasteiger partial charge in [0.05, 0.1) is 17.3 Å². The van der Waals surface area contributed by atoms with E-state index < -0.39 is 5.97 Å². The molecule has 0 radical (unpaired) electrons. The highest BCUT2D eigenvalue weighted by atomic mass is 16.4. The highest BCUT2D eigenvalue weighted by Gasteiger charge is 2.09. The quantitative estimate of drug-likeness (QED) is 0.761. The molecule has 3 rings (SSSR count). The first-order valence-corrected chi connectivity index (χ1v) is 5.79. The van der Waals surface area contributed by atoms with Crippen molar-refractivity contribution in [2.24, 2.45) is 0 Å². The van der Waals surface area contributed by atoms with Crippen LogP contribution in [0, 0.1) is 6.92 Å². The summed E-state index contributed by atoms with van der Waals surface area (Å²) in [5.74, 6) is -0.0889. The average molecular weight is 253 g/mol. The smallest absolute Gasteiger partial charge is 0.335 e. The van der Waals surface area contributed by atoms with Gasteiger partial charge in [-0.2, -0.15) is 0 Å². The average Bonchev–Trinajstić information content (AvgIpc) is 2.74. The van der Waals surface area contributed by atoms with E-state index >= 15 is 0 Å². The molecule has 94 valence electrons. The van der Waals surface area contributed by atoms with Gasteiger partial charge in [0.15, 0.2) is 0 Å². The van der Waals surface area contributed by atoms with Gasteiger partial charge in [-0.1, -0.05) is 0 Å². The van der Waals surface area contributed by atoms with Crippen molar-refractivity contribution >= 4 is 17.0 Å². The monoisotopic (exact) mass is 253 g/mol. The van der Waals surface area contributed by atoms with Crippen LogP contribution in [0.2, 0.25) is 0 Å². The van der Waals surface area contributed by atoms with Gasteiger partial charge in [0.1, 0.15) is 11.3 Å². The summed E-state index contributed by atoms with van der Waals surface area (Å²) in [5, 5.41) is 8.91. The van der Waals surface area contributed by atoms with E-state index in [9.17, 15) is 4.79 Å². The number of benzene rings is 1. The zero-order chi connectivity index (χ0) is 13.4. The summed E-state index contributed by atoms with van der Waals surface area (Å²) in [6, 6.07) is 8.62. The zero-order valence-electron chi connectivity index (χ0n) is 10.2. The van der Waals surface area contributed by atoms with Crippen molar-refractivity contribution < 1.29 is 9.90 Å². The number of carboxylic acids is 1. The number of hydrogen-bond donors (Lipinski definition) is 1. The molecule has 0 saturated carbocycles. The molecule has 5 heteroatoms. The van der Waals surface area contributed by atoms with Crippen molar-refractivity contribution in [3.05, 3.63) is 54.1 Å². The van der Waals surface area contributed by atoms with Crippen LogP contribution in [0.3, 0.4) is 0 Å². The fraction of sp³-hybridized carbons (Fsp3) is 0.0714. The Morgan fingerprint density at radius 1 is 1.21 bits per heavy atom. The van der Waals surface area contributed by atoms with Crippen LogP contribution in [-0.4, -0.2) is 25.6 Å². The molecule has 19 heavy (non-hydrogen) atoms. The first kappa shape index (κ1) is 11.4. The van der Waals surface area contributed by atoms with Crippen molar-refractivity contribution in [1.82, 2.24) is 14.5 Å². The maximum atomic E-state index is 10.9. The van der Waals surface area contributed by atoms with Crippen LogP contribution in [0.15, 0.2) is 42.7 Å². The molecule has 0 amide bonds. The highest BCUT2D eigenvalue weighted by Crippen LogP contribution is 2.20. The van der Waals surface area contributed by atoms with Gasteiger partial charge in [0, 0.05) is 11.9 Å². The standard InChI is InChI=1S/C14H11N3O2/c1-9-16-12-8-15-7-6-13(12)17(9)11-4-2-10(3-5-11)14(18)19/h2-8H,1H3,(H,18,19). The summed E-state index contributed by atoms with van der Waals surface area (Å²) >= 11 is 0. The van der Waals surface area contributed by atoms with Gasteiger partial charge in [-0.25, -0.2) is 9.78 Å². The lowest BCUT2D eigenvalue weighted by Gasteiger charge is -2.07. The minimum atomic E-state index is -0.928. The molecule has 0 saturated heterocycles. The SMILES string of the molecule is Cc1nc2cnccc2n1-c1ccc(C(=O)O)cc1. The lowest BCUT2D eigenvalue weighted by Crippen LogP contribution is -1.99. The third kappa shape index (κ3) is 1.85. The lowest BCUT2D eigenvalue weighted by atomic mass is 10.2. The summed E-state index contributed by atoms with van der Waals surface area (Å²) in [5.41, 5.74) is 2.93. The fourth-order valence-electron chi connectivity index (χ4n) is 2.13. The number of fused-ring (bicyclic) bond motifs is 1. The molecule has 0 aliphatic carbocycles. The number of pyridine rings is 1. The normalized spacial score (nSPS) is 10.8. The minimum absolute atomic E-state index is 0.271. The molecule has 5 nitrogen and oxygen atoms in total. The van der Waals surface area contributed by atoms with Gasteiger partial charge < -0.3 is 5.11 Å². The Labute approximate surface area is 109 Å². The van der Waals surface area contributed by atoms with Crippen LogP contribution in [-0.2, 0) is 0 Å². The molecule has 3 aromatic rings. The van der Waals surface area contributed by atoms with Gasteiger partial charge in [-0.3, -0.25) is 9.55 Å². The van der Waals surface area contributed by atoms with Gasteiger partial charge in [0.2, 0.25) is 0 Å². The summed E-state index contributed by atoms with van der Waals surface area (Å²) in [6.07, 6.45) is 3.43. The number of aromatic nitrogens is 3. The van der Waals surface area contributed by atoms with E-state index in [4.69, 9.17) is 5.11 Å². The molecular formula is C14H11N3O2. The van der Waals surface area contributed by atoms with E-state index in [1.165, 1.54) is 0 Å². The van der Waals surface area contributed by atoms with Crippen LogP contribution < -0.4 is 0 Å². The van der Waals surface area contributed by atoms with E-state index in [0.717, 1.165) is 22.5 Å². The fourth-order valence-corrected chi connectivity index (χ4v) is 2.13. The van der Waals surface area contributed by atoms with E-state index in [-0.39, 0.29) is 5.56 Å². The Balaban J connectivity index is 2.18. The van der Waals surface area contributed by atoms with Crippen molar-refractivity contribution in [2.75, 3.05) is 0 Å². The number of aromatic carboxylic acids is 1. The van der Waals surface area contributed by atoms with Crippen molar-refractivity contribution in [3.63, 3.8) is 0 Å². The Kier molecular flexibility index (Phi) is 2.52. The molecule has 0 spiro atoms. The number of aryl methyl sites for hydroxylation is 1. The van der Waals surface area contributed by atoms with Crippen LogP contribution in [0.4, 0.5) is 0 Å². The third-order valence-electron chi connectivity index (χ3n) is 3.00. The molecule has 2 aromatic heterocycles. The number of imidazole rings is 1. The van der Waals surface area contributed by atoms with Crippen LogP contribution in [0.25, 0.3) is 16.7 Å². The van der Waals surface area contributed by atoms with Gasteiger partial charge in [-0.05, 0) is 37.3 Å². The van der Waals surface area contributed by atoms with Crippen molar-refractivity contribution in [2.45, 2.75) is 6.92 Å². The molecule has 0 unspecified atom stereocenters. The van der Waals surface area contributed by atoms with Crippen molar-refractivity contribution in [1.29, 1.82) is 0 Å². The summed E-state index contributed by atoms with van der Waals surface area (Å²) in [7, 11) is 0. The molecule has 2 heterocycles. The van der Waals surface area contributed by atoms with Gasteiger partial charge in [-0.15, -0.1) is 0 Å². The minimum Gasteiger partial charge on any atom is -0.478 e. The Morgan fingerprint density at radius 3 is 2.63 bits per heavy atom. The molecule has 1 aromatic carbocycles. The molecule has 1 N–H and O–H groups in total. The molecule has 0 aliphatic heterocycles. The first-order chi connectivity index (χ1) is 9.16. The first-order valence-electron chi connectivity index (χ1n) is 5.79. The Bertz CT molecular complexity index is 760. The Hall–Kier alpha value is -2.69. The molecule has 0 atom stereocenters. The second kappa shape index (κ2) is 4.20. The van der Waals surface area contributed by atoms with E-state index in [1.54, 1.807) is 36.7 Å². The second-order valence-electron chi connectivity index (χ2n) is 4.21. The highest BCUT2D eigenvalue weighted by molar-refractivity contribution is 5.88. The van der Waals surface area contributed by atoms with Crippen LogP contribution in [0.5, 0.6) is 0 Å². The topological polar surface area (TPSA) is 68.0 Å². The van der Waals surface area contributed by atoms with E-state index in [0.29, 0.717) is 0 Å². The summed E-state index contributed by atoms with van der Waals surface area (Å²) < 4.78 is 1.97. The predicted molar refractivity (Wildman–Crippen MR) is 70.6 cm³/mol. The molecule has 0 bridgehead atoms. The lowest BCUT2D eigenvalue weighted by molar-refractivity contribution is 0.0697. The third-order valence-corrected chi connectivity index (χ3v) is 3.00. The van der Waals surface area contributed by atoms with E-state index in [1.807, 2.05) is 17.6 Å². The number of carbonyl (C=O) groups is 1. The zero-order valence-corrected chi connectivity index (χ0v) is 10.2. The largest absolute Gasteiger partial charge is 0.478 e. The van der Waals surface area contributed by atoms with Crippen LogP contribution >= 0.6 is 0 Å². The maximum Gasteiger partial charge on any atom is 0.335 e. The molecular weight excluding hydrogens is 242 g/mol. The Morgan fingerprint density at radius 2 is 1.95 bits per heavy atom. The van der Waals surface area contributed by atoms with Crippen LogP contribution in [0.1, 0.15) is 16.2 Å². The number of carboxylic acid groups (broad SMARTS) is 1. The summed E-state index contributed by atoms with van der Waals surface area (Å²) in [6.45, 7) is 1.91. The van der Waals surface area contributed by atoms with Gasteiger partial charge in [0.25, 0.3) is 0 Å². The van der Waals surface area contributed by atoms with Gasteiger partial charge >= 0.3 is 5.97 Å². The maximum absolute atomic E-state index is 10.9. The summed E-state index contributed by atoms with van der Waals surface area (Å²) in [4.78, 5) is 19.3. The number of hydrogen-bond acceptors (Lipinski definition) is 3. The van der Waals surface area contributed by atoms with Crippen molar-refractivity contribution in [3.8, 4) is 5.69 Å². The second-order valence-corrected chi connectivity index (χ2v) is 4.21. The predicted octanol–water partition coefficient (Wildman–Crippen LogP) is 2.43. The molecule has 0 aliphatic rings. The molecule has 0 fully saturated rings. The number of nitrogens with zero attached hydrogens (tertiary/aromatic N) is 3. The van der Waals surface area contributed by atoms with E-state index in [2.05, 4.69) is 9.97 Å². The number of rotatable bonds is 2.